The molecule has 1 atom stereocenters. The second kappa shape index (κ2) is 62.7. The van der Waals surface area contributed by atoms with Crippen LogP contribution in [-0.4, -0.2) is 37.2 Å². The first-order chi connectivity index (χ1) is 36.0. The van der Waals surface area contributed by atoms with Crippen molar-refractivity contribution >= 4 is 17.9 Å². The summed E-state index contributed by atoms with van der Waals surface area (Å²) in [5.41, 5.74) is 0. The predicted molar refractivity (Wildman–Crippen MR) is 317 cm³/mol. The van der Waals surface area contributed by atoms with Gasteiger partial charge in [-0.05, 0) is 38.5 Å². The summed E-state index contributed by atoms with van der Waals surface area (Å²) < 4.78 is 16.9. The normalized spacial score (nSPS) is 12.0. The Labute approximate surface area is 456 Å². The average Bonchev–Trinajstić information content (AvgIpc) is 3.39. The second-order valence-electron chi connectivity index (χ2n) is 22.7. The number of esters is 3. The van der Waals surface area contributed by atoms with E-state index in [0.29, 0.717) is 19.3 Å². The molecule has 6 heteroatoms. The van der Waals surface area contributed by atoms with Gasteiger partial charge in [0, 0.05) is 19.3 Å². The van der Waals surface area contributed by atoms with Crippen LogP contribution in [-0.2, 0) is 28.6 Å². The molecule has 0 N–H and O–H groups in total. The molecule has 1 unspecified atom stereocenters. The molecule has 0 fully saturated rings. The van der Waals surface area contributed by atoms with Gasteiger partial charge in [0.15, 0.2) is 6.10 Å². The van der Waals surface area contributed by atoms with Crippen molar-refractivity contribution in [3.63, 3.8) is 0 Å². The summed E-state index contributed by atoms with van der Waals surface area (Å²) in [5.74, 6) is -0.847. The van der Waals surface area contributed by atoms with Crippen LogP contribution in [0.5, 0.6) is 0 Å². The maximum absolute atomic E-state index is 12.9. The molecule has 0 aliphatic heterocycles. The van der Waals surface area contributed by atoms with Gasteiger partial charge < -0.3 is 14.2 Å². The molecule has 0 spiro atoms. The summed E-state index contributed by atoms with van der Waals surface area (Å²) in [7, 11) is 0. The Balaban J connectivity index is 4.10. The summed E-state index contributed by atoms with van der Waals surface area (Å²) in [5, 5.41) is 0. The van der Waals surface area contributed by atoms with E-state index in [0.717, 1.165) is 64.2 Å². The maximum Gasteiger partial charge on any atom is 0.306 e. The molecular formula is C67H128O6. The number of allylic oxidation sites excluding steroid dienone is 2. The first-order valence-corrected chi connectivity index (χ1v) is 33.2. The Morgan fingerprint density at radius 1 is 0.260 bits per heavy atom. The van der Waals surface area contributed by atoms with Crippen LogP contribution in [0.15, 0.2) is 12.2 Å². The molecule has 0 aliphatic carbocycles. The molecular weight excluding hydrogens is 901 g/mol. The van der Waals surface area contributed by atoms with Gasteiger partial charge in [0.2, 0.25) is 0 Å². The zero-order chi connectivity index (χ0) is 52.9. The lowest BCUT2D eigenvalue weighted by Crippen LogP contribution is -2.30. The van der Waals surface area contributed by atoms with Gasteiger partial charge in [-0.2, -0.15) is 0 Å². The molecule has 0 radical (unpaired) electrons. The number of hydrogen-bond acceptors (Lipinski definition) is 6. The van der Waals surface area contributed by atoms with Crippen molar-refractivity contribution in [3.8, 4) is 0 Å². The predicted octanol–water partition coefficient (Wildman–Crippen LogP) is 22.4. The standard InChI is InChI=1S/C67H128O6/c1-4-7-10-13-16-19-22-24-26-28-29-30-31-32-33-34-35-36-37-38-39-41-42-45-48-51-54-57-60-66(69)72-63-64(62-71-65(68)59-56-53-50-47-44-21-18-15-12-9-6-3)73-67(70)61-58-55-52-49-46-43-40-27-25-23-20-17-14-11-8-5-2/h15,18,64H,4-14,16-17,19-63H2,1-3H3/b18-15-. The van der Waals surface area contributed by atoms with Crippen LogP contribution >= 0.6 is 0 Å². The quantitative estimate of drug-likeness (QED) is 0.0261. The molecule has 6 nitrogen and oxygen atoms in total. The topological polar surface area (TPSA) is 78.9 Å². The highest BCUT2D eigenvalue weighted by atomic mass is 16.6. The zero-order valence-electron chi connectivity index (χ0n) is 49.7. The summed E-state index contributed by atoms with van der Waals surface area (Å²) >= 11 is 0. The van der Waals surface area contributed by atoms with Crippen LogP contribution in [0, 0.1) is 0 Å². The Hall–Kier alpha value is -1.85. The molecule has 432 valence electrons. The van der Waals surface area contributed by atoms with Crippen LogP contribution in [0.1, 0.15) is 380 Å². The van der Waals surface area contributed by atoms with E-state index >= 15 is 0 Å². The lowest BCUT2D eigenvalue weighted by Gasteiger charge is -2.18. The van der Waals surface area contributed by atoms with E-state index in [4.69, 9.17) is 14.2 Å². The molecule has 73 heavy (non-hydrogen) atoms. The van der Waals surface area contributed by atoms with Crippen molar-refractivity contribution in [2.45, 2.75) is 386 Å². The Bertz CT molecular complexity index is 1130. The first-order valence-electron chi connectivity index (χ1n) is 33.2. The molecule has 0 heterocycles. The number of carbonyl (C=O) groups is 3. The van der Waals surface area contributed by atoms with Gasteiger partial charge in [-0.15, -0.1) is 0 Å². The summed E-state index contributed by atoms with van der Waals surface area (Å²) in [6.45, 7) is 6.67. The number of unbranched alkanes of at least 4 members (excludes halogenated alkanes) is 49. The Morgan fingerprint density at radius 2 is 0.466 bits per heavy atom. The Kier molecular flexibility index (Phi) is 61.1. The third-order valence-corrected chi connectivity index (χ3v) is 15.3. The summed E-state index contributed by atoms with van der Waals surface area (Å²) in [4.78, 5) is 38.2. The van der Waals surface area contributed by atoms with Gasteiger partial charge in [-0.25, -0.2) is 0 Å². The third kappa shape index (κ3) is 60.9. The molecule has 0 saturated carbocycles. The molecule has 0 aliphatic rings. The Morgan fingerprint density at radius 3 is 0.726 bits per heavy atom. The maximum atomic E-state index is 12.9. The van der Waals surface area contributed by atoms with Gasteiger partial charge >= 0.3 is 17.9 Å². The third-order valence-electron chi connectivity index (χ3n) is 15.3. The molecule has 0 rings (SSSR count). The molecule has 0 amide bonds. The monoisotopic (exact) mass is 1030 g/mol. The van der Waals surface area contributed by atoms with Crippen molar-refractivity contribution in [1.82, 2.24) is 0 Å². The average molecular weight is 1030 g/mol. The van der Waals surface area contributed by atoms with Gasteiger partial charge in [0.1, 0.15) is 13.2 Å². The highest BCUT2D eigenvalue weighted by Crippen LogP contribution is 2.19. The molecule has 0 aromatic heterocycles. The number of carbonyl (C=O) groups excluding carboxylic acids is 3. The molecule has 0 aromatic carbocycles. The van der Waals surface area contributed by atoms with E-state index in [9.17, 15) is 14.4 Å². The van der Waals surface area contributed by atoms with Gasteiger partial charge in [-0.3, -0.25) is 14.4 Å². The van der Waals surface area contributed by atoms with Crippen molar-refractivity contribution in [3.05, 3.63) is 12.2 Å². The van der Waals surface area contributed by atoms with Gasteiger partial charge in [0.25, 0.3) is 0 Å². The van der Waals surface area contributed by atoms with E-state index in [1.54, 1.807) is 0 Å². The fourth-order valence-corrected chi connectivity index (χ4v) is 10.3. The number of ether oxygens (including phenoxy) is 3. The number of rotatable bonds is 62. The van der Waals surface area contributed by atoms with E-state index < -0.39 is 6.10 Å². The lowest BCUT2D eigenvalue weighted by atomic mass is 10.0. The molecule has 0 bridgehead atoms. The summed E-state index contributed by atoms with van der Waals surface area (Å²) in [6.07, 6.45) is 73.9. The van der Waals surface area contributed by atoms with Crippen molar-refractivity contribution < 1.29 is 28.6 Å². The minimum absolute atomic E-state index is 0.0662. The SMILES string of the molecule is CCCC/C=C\CCCCCCCC(=O)OCC(COC(=O)CCCCCCCCCCCCCCCCCCCCCCCCCCCCCC)OC(=O)CCCCCCCCCCCCCCCCCC. The van der Waals surface area contributed by atoms with Crippen molar-refractivity contribution in [2.24, 2.45) is 0 Å². The van der Waals surface area contributed by atoms with Crippen molar-refractivity contribution in [2.75, 3.05) is 13.2 Å². The highest BCUT2D eigenvalue weighted by molar-refractivity contribution is 5.71. The highest BCUT2D eigenvalue weighted by Gasteiger charge is 2.19. The smallest absolute Gasteiger partial charge is 0.306 e. The van der Waals surface area contributed by atoms with Crippen LogP contribution < -0.4 is 0 Å². The largest absolute Gasteiger partial charge is 0.462 e. The first kappa shape index (κ1) is 71.2. The van der Waals surface area contributed by atoms with Crippen molar-refractivity contribution in [1.29, 1.82) is 0 Å². The molecule has 0 saturated heterocycles. The summed E-state index contributed by atoms with van der Waals surface area (Å²) in [6, 6.07) is 0. The zero-order valence-corrected chi connectivity index (χ0v) is 49.7. The van der Waals surface area contributed by atoms with E-state index in [1.165, 1.54) is 276 Å². The van der Waals surface area contributed by atoms with E-state index in [1.807, 2.05) is 0 Å². The van der Waals surface area contributed by atoms with Crippen LogP contribution in [0.3, 0.4) is 0 Å². The number of hydrogen-bond donors (Lipinski definition) is 0. The van der Waals surface area contributed by atoms with Gasteiger partial charge in [-0.1, -0.05) is 335 Å². The molecule has 0 aromatic rings. The fourth-order valence-electron chi connectivity index (χ4n) is 10.3. The second-order valence-corrected chi connectivity index (χ2v) is 22.7. The minimum Gasteiger partial charge on any atom is -0.462 e. The van der Waals surface area contributed by atoms with Crippen LogP contribution in [0.2, 0.25) is 0 Å². The van der Waals surface area contributed by atoms with E-state index in [-0.39, 0.29) is 31.1 Å². The minimum atomic E-state index is -0.768. The van der Waals surface area contributed by atoms with E-state index in [2.05, 4.69) is 32.9 Å². The fraction of sp³-hybridized carbons (Fsp3) is 0.925. The lowest BCUT2D eigenvalue weighted by molar-refractivity contribution is -0.167. The van der Waals surface area contributed by atoms with Gasteiger partial charge in [0.05, 0.1) is 0 Å². The van der Waals surface area contributed by atoms with Crippen LogP contribution in [0.4, 0.5) is 0 Å². The van der Waals surface area contributed by atoms with Crippen LogP contribution in [0.25, 0.3) is 0 Å².